The monoisotopic (exact) mass is 473 g/mol. The highest BCUT2D eigenvalue weighted by atomic mass is 16.5. The van der Waals surface area contributed by atoms with Gasteiger partial charge in [-0.1, -0.05) is 12.1 Å². The van der Waals surface area contributed by atoms with Gasteiger partial charge < -0.3 is 19.4 Å². The summed E-state index contributed by atoms with van der Waals surface area (Å²) < 4.78 is 13.9. The molecule has 0 fully saturated rings. The molecule has 0 unspecified atom stereocenters. The smallest absolute Gasteiger partial charge is 0.259 e. The van der Waals surface area contributed by atoms with Crippen molar-refractivity contribution in [2.75, 3.05) is 19.0 Å². The molecule has 2 amide bonds. The van der Waals surface area contributed by atoms with E-state index in [0.717, 1.165) is 33.4 Å². The molecular weight excluding hydrogens is 442 g/mol. The zero-order valence-electron chi connectivity index (χ0n) is 21.0. The first-order valence-corrected chi connectivity index (χ1v) is 12.0. The van der Waals surface area contributed by atoms with Crippen molar-refractivity contribution in [2.45, 2.75) is 52.7 Å². The summed E-state index contributed by atoms with van der Waals surface area (Å²) in [5.41, 5.74) is 5.34. The van der Waals surface area contributed by atoms with Crippen LogP contribution in [0.25, 0.3) is 10.9 Å². The number of nitrogens with one attached hydrogen (secondary N) is 1. The molecule has 5 rings (SSSR count). The van der Waals surface area contributed by atoms with Crippen molar-refractivity contribution < 1.29 is 19.1 Å². The highest BCUT2D eigenvalue weighted by molar-refractivity contribution is 6.11. The molecule has 1 atom stereocenters. The molecule has 7 heteroatoms. The Morgan fingerprint density at radius 2 is 1.89 bits per heavy atom. The fourth-order valence-electron chi connectivity index (χ4n) is 5.22. The van der Waals surface area contributed by atoms with Gasteiger partial charge in [-0.25, -0.2) is 0 Å². The van der Waals surface area contributed by atoms with Crippen LogP contribution < -0.4 is 14.8 Å². The Hall–Kier alpha value is -3.74. The number of ether oxygens (including phenoxy) is 2. The summed E-state index contributed by atoms with van der Waals surface area (Å²) in [6.07, 6.45) is 2.15. The molecule has 35 heavy (non-hydrogen) atoms. The molecule has 0 saturated carbocycles. The molecule has 2 aromatic carbocycles. The molecule has 1 N–H and O–H groups in total. The Labute approximate surface area is 205 Å². The quantitative estimate of drug-likeness (QED) is 0.550. The molecule has 182 valence electrons. The molecule has 1 aromatic heterocycles. The summed E-state index contributed by atoms with van der Waals surface area (Å²) in [4.78, 5) is 27.3. The molecule has 3 aromatic rings. The van der Waals surface area contributed by atoms with Gasteiger partial charge in [0.2, 0.25) is 5.91 Å². The number of carbonyl (C=O) groups is 2. The molecule has 0 bridgehead atoms. The van der Waals surface area contributed by atoms with Gasteiger partial charge in [-0.15, -0.1) is 0 Å². The lowest BCUT2D eigenvalue weighted by atomic mass is 9.84. The van der Waals surface area contributed by atoms with E-state index in [1.54, 1.807) is 7.11 Å². The Bertz CT molecular complexity index is 1380. The van der Waals surface area contributed by atoms with Gasteiger partial charge in [0.05, 0.1) is 30.8 Å². The standard InChI is InChI=1S/C28H31N3O4/c1-15(2)30-13-19-25(18-10-11-23(35-16(3)4)24(12-18)34-6)27-21(14-31(17(5)32)28(27)33)29-20-8-7-9-22(30)26(19)20/h7-13,15-16,25,29H,14H2,1-6H3/t25-/m0/s1. The number of hydrogen-bond acceptors (Lipinski definition) is 5. The van der Waals surface area contributed by atoms with Crippen molar-refractivity contribution in [3.8, 4) is 11.5 Å². The van der Waals surface area contributed by atoms with Crippen molar-refractivity contribution in [3.63, 3.8) is 0 Å². The van der Waals surface area contributed by atoms with E-state index in [2.05, 4.69) is 36.0 Å². The molecule has 0 saturated heterocycles. The van der Waals surface area contributed by atoms with Crippen molar-refractivity contribution in [2.24, 2.45) is 0 Å². The average molecular weight is 474 g/mol. The highest BCUT2D eigenvalue weighted by Gasteiger charge is 2.42. The molecule has 0 radical (unpaired) electrons. The number of benzene rings is 2. The third-order valence-corrected chi connectivity index (χ3v) is 6.71. The Morgan fingerprint density at radius 3 is 2.54 bits per heavy atom. The lowest BCUT2D eigenvalue weighted by molar-refractivity contribution is -0.139. The maximum atomic E-state index is 13.6. The zero-order chi connectivity index (χ0) is 25.0. The topological polar surface area (TPSA) is 72.8 Å². The molecule has 2 aliphatic heterocycles. The molecule has 0 aliphatic carbocycles. The first-order valence-electron chi connectivity index (χ1n) is 12.0. The van der Waals surface area contributed by atoms with Crippen LogP contribution in [0.2, 0.25) is 0 Å². The van der Waals surface area contributed by atoms with E-state index >= 15 is 0 Å². The summed E-state index contributed by atoms with van der Waals surface area (Å²) in [5, 5.41) is 4.60. The Kier molecular flexibility index (Phi) is 5.58. The molecule has 2 aliphatic rings. The van der Waals surface area contributed by atoms with E-state index in [1.807, 2.05) is 44.2 Å². The van der Waals surface area contributed by atoms with Crippen LogP contribution in [-0.2, 0) is 9.59 Å². The molecule has 0 spiro atoms. The van der Waals surface area contributed by atoms with Gasteiger partial charge >= 0.3 is 0 Å². The number of hydrogen-bond donors (Lipinski definition) is 1. The fourth-order valence-corrected chi connectivity index (χ4v) is 5.22. The van der Waals surface area contributed by atoms with Gasteiger partial charge in [0.25, 0.3) is 5.91 Å². The van der Waals surface area contributed by atoms with Crippen molar-refractivity contribution in [1.29, 1.82) is 0 Å². The van der Waals surface area contributed by atoms with Crippen molar-refractivity contribution in [1.82, 2.24) is 9.47 Å². The Balaban J connectivity index is 1.78. The van der Waals surface area contributed by atoms with E-state index in [0.29, 0.717) is 17.1 Å². The largest absolute Gasteiger partial charge is 0.493 e. The summed E-state index contributed by atoms with van der Waals surface area (Å²) in [7, 11) is 1.62. The van der Waals surface area contributed by atoms with Crippen LogP contribution in [0, 0.1) is 0 Å². The van der Waals surface area contributed by atoms with Crippen LogP contribution >= 0.6 is 0 Å². The van der Waals surface area contributed by atoms with Gasteiger partial charge in [0, 0.05) is 41.9 Å². The SMILES string of the molecule is COc1cc([C@@H]2C3=C(CN(C(C)=O)C3=O)Nc3cccc4c3c2cn4C(C)C)ccc1OC(C)C. The first-order chi connectivity index (χ1) is 16.7. The number of amides is 2. The normalized spacial score (nSPS) is 17.2. The third kappa shape index (κ3) is 3.66. The van der Waals surface area contributed by atoms with Gasteiger partial charge in [0.1, 0.15) is 0 Å². The summed E-state index contributed by atoms with van der Waals surface area (Å²) in [5.74, 6) is 0.366. The first kappa shape index (κ1) is 23.0. The number of rotatable bonds is 5. The number of anilines is 1. The zero-order valence-corrected chi connectivity index (χ0v) is 21.0. The van der Waals surface area contributed by atoms with E-state index in [-0.39, 0.29) is 36.4 Å². The van der Waals surface area contributed by atoms with Crippen molar-refractivity contribution >= 4 is 28.4 Å². The van der Waals surface area contributed by atoms with Crippen LogP contribution in [0.5, 0.6) is 11.5 Å². The molecule has 3 heterocycles. The Morgan fingerprint density at radius 1 is 1.11 bits per heavy atom. The highest BCUT2D eigenvalue weighted by Crippen LogP contribution is 2.48. The minimum Gasteiger partial charge on any atom is -0.493 e. The number of methoxy groups -OCH3 is 1. The van der Waals surface area contributed by atoms with E-state index in [1.165, 1.54) is 11.8 Å². The number of carbonyl (C=O) groups excluding carboxylic acids is 2. The predicted molar refractivity (Wildman–Crippen MR) is 136 cm³/mol. The fraction of sp³-hybridized carbons (Fsp3) is 0.357. The minimum atomic E-state index is -0.373. The maximum Gasteiger partial charge on any atom is 0.259 e. The van der Waals surface area contributed by atoms with Crippen LogP contribution in [0.1, 0.15) is 57.7 Å². The van der Waals surface area contributed by atoms with Crippen LogP contribution in [-0.4, -0.2) is 41.0 Å². The van der Waals surface area contributed by atoms with E-state index in [9.17, 15) is 9.59 Å². The summed E-state index contributed by atoms with van der Waals surface area (Å²) >= 11 is 0. The predicted octanol–water partition coefficient (Wildman–Crippen LogP) is 5.22. The maximum absolute atomic E-state index is 13.6. The molecule has 7 nitrogen and oxygen atoms in total. The van der Waals surface area contributed by atoms with Crippen LogP contribution in [0.15, 0.2) is 53.9 Å². The lowest BCUT2D eigenvalue weighted by Gasteiger charge is -2.21. The summed E-state index contributed by atoms with van der Waals surface area (Å²) in [6, 6.07) is 12.2. The van der Waals surface area contributed by atoms with Gasteiger partial charge in [0.15, 0.2) is 11.5 Å². The van der Waals surface area contributed by atoms with Gasteiger partial charge in [-0.3, -0.25) is 14.5 Å². The minimum absolute atomic E-state index is 0.00162. The molecular formula is C28H31N3O4. The average Bonchev–Trinajstić information content (AvgIpc) is 3.30. The number of imide groups is 1. The second-order valence-corrected chi connectivity index (χ2v) is 9.72. The van der Waals surface area contributed by atoms with Crippen LogP contribution in [0.4, 0.5) is 5.69 Å². The van der Waals surface area contributed by atoms with E-state index in [4.69, 9.17) is 9.47 Å². The summed E-state index contributed by atoms with van der Waals surface area (Å²) in [6.45, 7) is 9.90. The van der Waals surface area contributed by atoms with E-state index < -0.39 is 0 Å². The second-order valence-electron chi connectivity index (χ2n) is 9.72. The number of nitrogens with zero attached hydrogens (tertiary/aromatic N) is 2. The lowest BCUT2D eigenvalue weighted by Crippen LogP contribution is -2.33. The van der Waals surface area contributed by atoms with Crippen LogP contribution in [0.3, 0.4) is 0 Å². The van der Waals surface area contributed by atoms with Gasteiger partial charge in [-0.2, -0.15) is 0 Å². The second kappa shape index (κ2) is 8.48. The third-order valence-electron chi connectivity index (χ3n) is 6.71. The van der Waals surface area contributed by atoms with Gasteiger partial charge in [-0.05, 0) is 63.1 Å². The van der Waals surface area contributed by atoms with Crippen molar-refractivity contribution in [3.05, 3.63) is 65.0 Å². The number of aromatic nitrogens is 1.